The van der Waals surface area contributed by atoms with Crippen LogP contribution in [0.5, 0.6) is 0 Å². The van der Waals surface area contributed by atoms with E-state index in [0.717, 1.165) is 64.0 Å². The van der Waals surface area contributed by atoms with Gasteiger partial charge in [-0.1, -0.05) is 27.2 Å². The molecule has 20 heavy (non-hydrogen) atoms. The molecule has 0 bridgehead atoms. The van der Waals surface area contributed by atoms with Crippen LogP contribution in [0, 0.1) is 5.41 Å². The second-order valence-corrected chi connectivity index (χ2v) is 8.76. The molecule has 2 heterocycles. The Morgan fingerprint density at radius 2 is 2.10 bits per heavy atom. The van der Waals surface area contributed by atoms with Crippen molar-refractivity contribution in [2.45, 2.75) is 57.6 Å². The molecular weight excluding hydrogens is 268 g/mol. The Labute approximate surface area is 128 Å². The Kier molecular flexibility index (Phi) is 5.41. The van der Waals surface area contributed by atoms with Gasteiger partial charge >= 0.3 is 0 Å². The maximum Gasteiger partial charge on any atom is 0.230 e. The lowest BCUT2D eigenvalue weighted by molar-refractivity contribution is -0.143. The molecular formula is C16H30N2OS. The fourth-order valence-electron chi connectivity index (χ4n) is 3.51. The lowest BCUT2D eigenvalue weighted by atomic mass is 9.75. The zero-order valence-electron chi connectivity index (χ0n) is 13.3. The third-order valence-corrected chi connectivity index (χ3v) is 6.15. The monoisotopic (exact) mass is 298 g/mol. The summed E-state index contributed by atoms with van der Waals surface area (Å²) < 4.78 is 0.317. The molecule has 0 aromatic heterocycles. The van der Waals surface area contributed by atoms with Crippen molar-refractivity contribution >= 4 is 17.7 Å². The molecule has 2 aliphatic rings. The molecule has 1 unspecified atom stereocenters. The number of hydrogen-bond acceptors (Lipinski definition) is 3. The van der Waals surface area contributed by atoms with Crippen molar-refractivity contribution in [1.82, 2.24) is 10.2 Å². The molecule has 1 N–H and O–H groups in total. The Balaban J connectivity index is 2.07. The predicted molar refractivity (Wildman–Crippen MR) is 87.2 cm³/mol. The van der Waals surface area contributed by atoms with Crippen LogP contribution in [0.25, 0.3) is 0 Å². The molecule has 2 fully saturated rings. The molecule has 3 nitrogen and oxygen atoms in total. The van der Waals surface area contributed by atoms with Gasteiger partial charge in [0.1, 0.15) is 0 Å². The van der Waals surface area contributed by atoms with Gasteiger partial charge in [-0.3, -0.25) is 4.79 Å². The highest BCUT2D eigenvalue weighted by atomic mass is 32.2. The molecule has 1 atom stereocenters. The predicted octanol–water partition coefficient (Wildman–Crippen LogP) is 2.90. The smallest absolute Gasteiger partial charge is 0.230 e. The van der Waals surface area contributed by atoms with Gasteiger partial charge in [-0.15, -0.1) is 0 Å². The van der Waals surface area contributed by atoms with Gasteiger partial charge < -0.3 is 10.2 Å². The molecule has 1 amide bonds. The first-order chi connectivity index (χ1) is 9.49. The molecule has 0 aromatic carbocycles. The summed E-state index contributed by atoms with van der Waals surface area (Å²) in [5, 5.41) is 3.46. The fourth-order valence-corrected chi connectivity index (χ4v) is 4.61. The molecule has 116 valence electrons. The number of nitrogens with zero attached hydrogens (tertiary/aromatic N) is 1. The van der Waals surface area contributed by atoms with Gasteiger partial charge in [-0.25, -0.2) is 0 Å². The van der Waals surface area contributed by atoms with E-state index in [1.807, 2.05) is 11.8 Å². The van der Waals surface area contributed by atoms with Gasteiger partial charge in [0.05, 0.1) is 5.41 Å². The molecule has 2 rings (SSSR count). The van der Waals surface area contributed by atoms with Crippen LogP contribution in [0.1, 0.15) is 52.9 Å². The van der Waals surface area contributed by atoms with Crippen molar-refractivity contribution in [3.8, 4) is 0 Å². The van der Waals surface area contributed by atoms with Crippen LogP contribution in [0.2, 0.25) is 0 Å². The number of amides is 1. The highest BCUT2D eigenvalue weighted by Crippen LogP contribution is 2.36. The summed E-state index contributed by atoms with van der Waals surface area (Å²) in [7, 11) is 0. The van der Waals surface area contributed by atoms with Crippen molar-refractivity contribution < 1.29 is 4.79 Å². The molecule has 0 radical (unpaired) electrons. The Hall–Kier alpha value is -0.220. The summed E-state index contributed by atoms with van der Waals surface area (Å²) in [6, 6.07) is 0. The minimum absolute atomic E-state index is 0.119. The molecule has 0 saturated carbocycles. The summed E-state index contributed by atoms with van der Waals surface area (Å²) in [4.78, 5) is 15.3. The Morgan fingerprint density at radius 3 is 2.75 bits per heavy atom. The quantitative estimate of drug-likeness (QED) is 0.869. The van der Waals surface area contributed by atoms with Crippen molar-refractivity contribution in [2.75, 3.05) is 31.9 Å². The summed E-state index contributed by atoms with van der Waals surface area (Å²) in [6.45, 7) is 10.6. The van der Waals surface area contributed by atoms with E-state index in [2.05, 4.69) is 31.0 Å². The third kappa shape index (κ3) is 3.70. The van der Waals surface area contributed by atoms with Crippen molar-refractivity contribution in [1.29, 1.82) is 0 Å². The number of nitrogens with one attached hydrogen (secondary N) is 1. The SMILES string of the molecule is CCCC1(C(=O)N2CCSC(C)(C)CC2)CCCNC1. The minimum Gasteiger partial charge on any atom is -0.341 e. The highest BCUT2D eigenvalue weighted by molar-refractivity contribution is 8.00. The highest BCUT2D eigenvalue weighted by Gasteiger charge is 2.42. The van der Waals surface area contributed by atoms with E-state index in [4.69, 9.17) is 0 Å². The molecule has 0 spiro atoms. The summed E-state index contributed by atoms with van der Waals surface area (Å²) in [5.41, 5.74) is -0.119. The van der Waals surface area contributed by atoms with E-state index in [-0.39, 0.29) is 5.41 Å². The minimum atomic E-state index is -0.119. The first-order valence-electron chi connectivity index (χ1n) is 8.13. The van der Waals surface area contributed by atoms with Crippen LogP contribution >= 0.6 is 11.8 Å². The summed E-state index contributed by atoms with van der Waals surface area (Å²) in [5.74, 6) is 1.50. The van der Waals surface area contributed by atoms with Crippen LogP contribution < -0.4 is 5.32 Å². The second-order valence-electron chi connectivity index (χ2n) is 6.96. The second kappa shape index (κ2) is 6.69. The molecule has 0 aliphatic carbocycles. The average molecular weight is 298 g/mol. The number of carbonyl (C=O) groups excluding carboxylic acids is 1. The number of hydrogen-bond donors (Lipinski definition) is 1. The first-order valence-corrected chi connectivity index (χ1v) is 9.12. The summed E-state index contributed by atoms with van der Waals surface area (Å²) in [6.07, 6.45) is 5.45. The van der Waals surface area contributed by atoms with Gasteiger partial charge in [0.25, 0.3) is 0 Å². The Bertz CT molecular complexity index is 332. The topological polar surface area (TPSA) is 32.3 Å². The van der Waals surface area contributed by atoms with Crippen LogP contribution in [-0.4, -0.2) is 47.5 Å². The lowest BCUT2D eigenvalue weighted by Crippen LogP contribution is -2.52. The van der Waals surface area contributed by atoms with E-state index < -0.39 is 0 Å². The van der Waals surface area contributed by atoms with Gasteiger partial charge in [-0.05, 0) is 32.2 Å². The van der Waals surface area contributed by atoms with Gasteiger partial charge in [0, 0.05) is 30.1 Å². The molecule has 0 aromatic rings. The maximum absolute atomic E-state index is 13.1. The van der Waals surface area contributed by atoms with E-state index in [9.17, 15) is 4.79 Å². The van der Waals surface area contributed by atoms with Gasteiger partial charge in [-0.2, -0.15) is 11.8 Å². The van der Waals surface area contributed by atoms with Crippen LogP contribution in [0.3, 0.4) is 0 Å². The first kappa shape index (κ1) is 16.2. The van der Waals surface area contributed by atoms with Crippen LogP contribution in [-0.2, 0) is 4.79 Å². The van der Waals surface area contributed by atoms with Gasteiger partial charge in [0.15, 0.2) is 0 Å². The Morgan fingerprint density at radius 1 is 1.30 bits per heavy atom. The molecule has 4 heteroatoms. The van der Waals surface area contributed by atoms with E-state index in [0.29, 0.717) is 10.7 Å². The zero-order chi connectivity index (χ0) is 14.6. The van der Waals surface area contributed by atoms with Crippen LogP contribution in [0.15, 0.2) is 0 Å². The fraction of sp³-hybridized carbons (Fsp3) is 0.938. The van der Waals surface area contributed by atoms with Crippen molar-refractivity contribution in [3.05, 3.63) is 0 Å². The number of carbonyl (C=O) groups is 1. The number of rotatable bonds is 3. The molecule has 2 aliphatic heterocycles. The zero-order valence-corrected chi connectivity index (χ0v) is 14.2. The van der Waals surface area contributed by atoms with Crippen molar-refractivity contribution in [2.24, 2.45) is 5.41 Å². The maximum atomic E-state index is 13.1. The summed E-state index contributed by atoms with van der Waals surface area (Å²) >= 11 is 2.01. The average Bonchev–Trinajstić information content (AvgIpc) is 2.60. The van der Waals surface area contributed by atoms with E-state index >= 15 is 0 Å². The third-order valence-electron chi connectivity index (χ3n) is 4.78. The molecule has 2 saturated heterocycles. The number of thioether (sulfide) groups is 1. The van der Waals surface area contributed by atoms with Crippen molar-refractivity contribution in [3.63, 3.8) is 0 Å². The number of piperidine rings is 1. The lowest BCUT2D eigenvalue weighted by Gasteiger charge is -2.40. The van der Waals surface area contributed by atoms with Crippen LogP contribution in [0.4, 0.5) is 0 Å². The standard InChI is InChI=1S/C16H30N2OS/c1-4-6-16(7-5-9-17-13-16)14(19)18-10-8-15(2,3)20-12-11-18/h17H,4-13H2,1-3H3. The normalized spacial score (nSPS) is 30.9. The van der Waals surface area contributed by atoms with E-state index in [1.165, 1.54) is 0 Å². The largest absolute Gasteiger partial charge is 0.341 e. The van der Waals surface area contributed by atoms with Gasteiger partial charge in [0.2, 0.25) is 5.91 Å². The van der Waals surface area contributed by atoms with E-state index in [1.54, 1.807) is 0 Å².